The molecule has 1 aliphatic heterocycles. The predicted octanol–water partition coefficient (Wildman–Crippen LogP) is 1.53. The van der Waals surface area contributed by atoms with Crippen LogP contribution in [0.15, 0.2) is 24.7 Å². The summed E-state index contributed by atoms with van der Waals surface area (Å²) in [6, 6.07) is 3.67. The lowest BCUT2D eigenvalue weighted by atomic mass is 9.79. The number of hydrogen-bond acceptors (Lipinski definition) is 5. The second kappa shape index (κ2) is 5.82. The van der Waals surface area contributed by atoms with Gasteiger partial charge in [0.15, 0.2) is 5.65 Å². The highest BCUT2D eigenvalue weighted by atomic mass is 16.5. The molecule has 2 fully saturated rings. The van der Waals surface area contributed by atoms with E-state index in [4.69, 9.17) is 9.47 Å². The first-order valence-corrected chi connectivity index (χ1v) is 8.35. The van der Waals surface area contributed by atoms with Crippen LogP contribution in [0.5, 0.6) is 0 Å². The number of ether oxygens (including phenoxy) is 2. The number of carbonyl (C=O) groups is 1. The Bertz CT molecular complexity index is 761. The molecule has 24 heavy (non-hydrogen) atoms. The topological polar surface area (TPSA) is 69.0 Å². The molecule has 2 aliphatic rings. The zero-order chi connectivity index (χ0) is 16.7. The van der Waals surface area contributed by atoms with Crippen molar-refractivity contribution in [1.29, 1.82) is 0 Å². The lowest BCUT2D eigenvalue weighted by Crippen LogP contribution is -2.53. The van der Waals surface area contributed by atoms with Gasteiger partial charge in [0.1, 0.15) is 6.33 Å². The monoisotopic (exact) mass is 330 g/mol. The van der Waals surface area contributed by atoms with Crippen molar-refractivity contribution in [2.75, 3.05) is 20.8 Å². The first kappa shape index (κ1) is 15.5. The van der Waals surface area contributed by atoms with Gasteiger partial charge in [-0.1, -0.05) is 0 Å². The number of likely N-dealkylation sites (tertiary alicyclic amines) is 1. The number of rotatable bonds is 3. The van der Waals surface area contributed by atoms with Crippen molar-refractivity contribution in [3.8, 4) is 0 Å². The first-order valence-electron chi connectivity index (χ1n) is 8.35. The lowest BCUT2D eigenvalue weighted by molar-refractivity contribution is -0.0893. The maximum atomic E-state index is 13.1. The van der Waals surface area contributed by atoms with Crippen molar-refractivity contribution >= 4 is 11.6 Å². The van der Waals surface area contributed by atoms with E-state index in [0.717, 1.165) is 25.7 Å². The Morgan fingerprint density at radius 3 is 3.04 bits per heavy atom. The van der Waals surface area contributed by atoms with Crippen LogP contribution in [0, 0.1) is 0 Å². The molecule has 1 saturated carbocycles. The number of nitrogens with zero attached hydrogens (tertiary/aromatic N) is 4. The van der Waals surface area contributed by atoms with Crippen LogP contribution in [0.2, 0.25) is 0 Å². The molecule has 1 saturated heterocycles. The molecule has 0 radical (unpaired) electrons. The van der Waals surface area contributed by atoms with Crippen molar-refractivity contribution in [1.82, 2.24) is 19.5 Å². The van der Waals surface area contributed by atoms with E-state index >= 15 is 0 Å². The number of hydrogen-bond donors (Lipinski definition) is 0. The number of fused-ring (bicyclic) bond motifs is 2. The third kappa shape index (κ3) is 2.31. The van der Waals surface area contributed by atoms with Crippen LogP contribution < -0.4 is 0 Å². The average molecular weight is 330 g/mol. The van der Waals surface area contributed by atoms with E-state index in [9.17, 15) is 4.79 Å². The highest BCUT2D eigenvalue weighted by Gasteiger charge is 2.52. The van der Waals surface area contributed by atoms with Crippen LogP contribution in [-0.2, 0) is 9.47 Å². The molecule has 1 aliphatic carbocycles. The molecule has 2 aromatic rings. The van der Waals surface area contributed by atoms with Crippen molar-refractivity contribution in [3.05, 3.63) is 30.2 Å². The van der Waals surface area contributed by atoms with Crippen LogP contribution in [0.1, 0.15) is 36.0 Å². The Morgan fingerprint density at radius 1 is 1.38 bits per heavy atom. The Labute approximate surface area is 140 Å². The van der Waals surface area contributed by atoms with Crippen LogP contribution >= 0.6 is 0 Å². The van der Waals surface area contributed by atoms with E-state index in [-0.39, 0.29) is 23.7 Å². The summed E-state index contributed by atoms with van der Waals surface area (Å²) in [4.78, 5) is 15.0. The molecule has 4 rings (SSSR count). The summed E-state index contributed by atoms with van der Waals surface area (Å²) in [7, 11) is 3.50. The smallest absolute Gasteiger partial charge is 0.254 e. The summed E-state index contributed by atoms with van der Waals surface area (Å²) >= 11 is 0. The van der Waals surface area contributed by atoms with Crippen molar-refractivity contribution < 1.29 is 14.3 Å². The molecule has 0 spiro atoms. The quantitative estimate of drug-likeness (QED) is 0.854. The van der Waals surface area contributed by atoms with Crippen molar-refractivity contribution in [3.63, 3.8) is 0 Å². The fourth-order valence-corrected chi connectivity index (χ4v) is 4.24. The molecule has 3 heterocycles. The molecular weight excluding hydrogens is 308 g/mol. The molecular formula is C17H22N4O3. The maximum Gasteiger partial charge on any atom is 0.254 e. The number of aromatic nitrogens is 3. The standard InChI is InChI=1S/C17H22N4O3/c1-23-13-3-5-17(24-2)6-8-21(14(17)10-13)16(22)12-4-7-20-11-18-19-15(20)9-12/h4,7,9,11,13-14H,3,5-6,8,10H2,1-2H3/t13-,14-,17+/m1/s1. The molecule has 7 heteroatoms. The molecule has 0 bridgehead atoms. The minimum atomic E-state index is -0.232. The molecule has 1 amide bonds. The van der Waals surface area contributed by atoms with Gasteiger partial charge in [-0.15, -0.1) is 10.2 Å². The minimum Gasteiger partial charge on any atom is -0.381 e. The second-order valence-electron chi connectivity index (χ2n) is 6.68. The van der Waals surface area contributed by atoms with Crippen molar-refractivity contribution in [2.45, 2.75) is 43.4 Å². The lowest BCUT2D eigenvalue weighted by Gasteiger charge is -2.43. The van der Waals surface area contributed by atoms with Crippen LogP contribution in [0.4, 0.5) is 0 Å². The van der Waals surface area contributed by atoms with Crippen LogP contribution in [0.25, 0.3) is 5.65 Å². The van der Waals surface area contributed by atoms with Crippen molar-refractivity contribution in [2.24, 2.45) is 0 Å². The van der Waals surface area contributed by atoms with Gasteiger partial charge in [0.2, 0.25) is 0 Å². The highest BCUT2D eigenvalue weighted by Crippen LogP contribution is 2.43. The van der Waals surface area contributed by atoms with E-state index in [0.29, 0.717) is 17.8 Å². The molecule has 0 unspecified atom stereocenters. The number of methoxy groups -OCH3 is 2. The normalized spacial score (nSPS) is 29.8. The Morgan fingerprint density at radius 2 is 2.25 bits per heavy atom. The Balaban J connectivity index is 1.63. The Hall–Kier alpha value is -1.99. The highest BCUT2D eigenvalue weighted by molar-refractivity contribution is 5.95. The van der Waals surface area contributed by atoms with Gasteiger partial charge < -0.3 is 14.4 Å². The number of pyridine rings is 1. The predicted molar refractivity (Wildman–Crippen MR) is 86.8 cm³/mol. The van der Waals surface area contributed by atoms with E-state index < -0.39 is 0 Å². The van der Waals surface area contributed by atoms with Gasteiger partial charge in [0, 0.05) is 32.5 Å². The zero-order valence-corrected chi connectivity index (χ0v) is 14.0. The Kier molecular flexibility index (Phi) is 3.77. The van der Waals surface area contributed by atoms with E-state index in [2.05, 4.69) is 10.2 Å². The summed E-state index contributed by atoms with van der Waals surface area (Å²) in [5.41, 5.74) is 1.09. The molecule has 7 nitrogen and oxygen atoms in total. The van der Waals surface area contributed by atoms with Gasteiger partial charge in [-0.05, 0) is 37.8 Å². The summed E-state index contributed by atoms with van der Waals surface area (Å²) in [6.07, 6.45) is 7.24. The summed E-state index contributed by atoms with van der Waals surface area (Å²) in [5.74, 6) is 0.0289. The van der Waals surface area contributed by atoms with Gasteiger partial charge in [0.05, 0.1) is 17.7 Å². The second-order valence-corrected chi connectivity index (χ2v) is 6.68. The van der Waals surface area contributed by atoms with Gasteiger partial charge >= 0.3 is 0 Å². The van der Waals surface area contributed by atoms with Crippen LogP contribution in [0.3, 0.4) is 0 Å². The summed E-state index contributed by atoms with van der Waals surface area (Å²) < 4.78 is 13.2. The van der Waals surface area contributed by atoms with Gasteiger partial charge in [-0.3, -0.25) is 9.20 Å². The van der Waals surface area contributed by atoms with E-state index in [1.54, 1.807) is 31.0 Å². The summed E-state index contributed by atoms with van der Waals surface area (Å²) in [5, 5.41) is 7.88. The first-order chi connectivity index (χ1) is 11.7. The minimum absolute atomic E-state index is 0.0289. The largest absolute Gasteiger partial charge is 0.381 e. The number of amides is 1. The van der Waals surface area contributed by atoms with E-state index in [1.165, 1.54) is 0 Å². The fraction of sp³-hybridized carbons (Fsp3) is 0.588. The SMILES string of the molecule is CO[C@@H]1CC[C@]2(OC)CCN(C(=O)c3ccn4cnnc4c3)[C@@H]2C1. The average Bonchev–Trinajstić information content (AvgIpc) is 3.24. The third-order valence-electron chi connectivity index (χ3n) is 5.68. The summed E-state index contributed by atoms with van der Waals surface area (Å²) in [6.45, 7) is 0.714. The third-order valence-corrected chi connectivity index (χ3v) is 5.68. The molecule has 128 valence electrons. The maximum absolute atomic E-state index is 13.1. The molecule has 0 aromatic carbocycles. The number of carbonyl (C=O) groups excluding carboxylic acids is 1. The van der Waals surface area contributed by atoms with Gasteiger partial charge in [0.25, 0.3) is 5.91 Å². The molecule has 3 atom stereocenters. The van der Waals surface area contributed by atoms with Gasteiger partial charge in [-0.25, -0.2) is 0 Å². The molecule has 2 aromatic heterocycles. The zero-order valence-electron chi connectivity index (χ0n) is 14.0. The van der Waals surface area contributed by atoms with E-state index in [1.807, 2.05) is 17.2 Å². The van der Waals surface area contributed by atoms with Crippen LogP contribution in [-0.4, -0.2) is 63.9 Å². The molecule has 0 N–H and O–H groups in total. The fourth-order valence-electron chi connectivity index (χ4n) is 4.24. The van der Waals surface area contributed by atoms with Gasteiger partial charge in [-0.2, -0.15) is 0 Å².